The number of carbonyl (C=O) groups is 2. The summed E-state index contributed by atoms with van der Waals surface area (Å²) in [7, 11) is 1.48. The van der Waals surface area contributed by atoms with Gasteiger partial charge in [0.25, 0.3) is 0 Å². The zero-order valence-electron chi connectivity index (χ0n) is 11.0. The molecular formula is C13H14F2O4S. The van der Waals surface area contributed by atoms with Crippen LogP contribution in [0.2, 0.25) is 0 Å². The van der Waals surface area contributed by atoms with E-state index < -0.39 is 22.8 Å². The molecule has 20 heavy (non-hydrogen) atoms. The van der Waals surface area contributed by atoms with Gasteiger partial charge >= 0.3 is 11.2 Å². The number of ketones is 1. The molecule has 0 saturated carbocycles. The zero-order valence-corrected chi connectivity index (χ0v) is 11.8. The van der Waals surface area contributed by atoms with Gasteiger partial charge in [0.05, 0.1) is 19.5 Å². The van der Waals surface area contributed by atoms with Crippen molar-refractivity contribution in [3.63, 3.8) is 0 Å². The SMILES string of the molecule is CCOC(=O)C(F)(F)SCC(=O)c1ccc(OC)cc1. The minimum atomic E-state index is -3.72. The number of alkyl halides is 2. The van der Waals surface area contributed by atoms with Crippen molar-refractivity contribution in [1.82, 2.24) is 0 Å². The number of hydrogen-bond acceptors (Lipinski definition) is 5. The van der Waals surface area contributed by atoms with Crippen LogP contribution in [0.15, 0.2) is 24.3 Å². The van der Waals surface area contributed by atoms with Crippen LogP contribution in [-0.2, 0) is 9.53 Å². The van der Waals surface area contributed by atoms with Gasteiger partial charge in [-0.1, -0.05) is 11.8 Å². The molecule has 0 amide bonds. The first-order chi connectivity index (χ1) is 9.40. The van der Waals surface area contributed by atoms with E-state index in [0.29, 0.717) is 5.75 Å². The van der Waals surface area contributed by atoms with E-state index >= 15 is 0 Å². The predicted molar refractivity (Wildman–Crippen MR) is 71.4 cm³/mol. The minimum Gasteiger partial charge on any atom is -0.497 e. The predicted octanol–water partition coefficient (Wildman–Crippen LogP) is 2.77. The van der Waals surface area contributed by atoms with Gasteiger partial charge in [-0.3, -0.25) is 4.79 Å². The highest BCUT2D eigenvalue weighted by Crippen LogP contribution is 2.31. The van der Waals surface area contributed by atoms with Crippen LogP contribution in [0.5, 0.6) is 5.75 Å². The number of carbonyl (C=O) groups excluding carboxylic acids is 2. The molecule has 0 aromatic heterocycles. The Bertz CT molecular complexity index is 474. The Balaban J connectivity index is 2.59. The van der Waals surface area contributed by atoms with E-state index in [9.17, 15) is 18.4 Å². The summed E-state index contributed by atoms with van der Waals surface area (Å²) in [5.74, 6) is -2.08. The quantitative estimate of drug-likeness (QED) is 0.573. The normalized spacial score (nSPS) is 11.0. The summed E-state index contributed by atoms with van der Waals surface area (Å²) < 4.78 is 35.8. The number of Topliss-reactive ketones (excluding diaryl/α,β-unsaturated/α-hetero) is 1. The van der Waals surface area contributed by atoms with Gasteiger partial charge < -0.3 is 9.47 Å². The summed E-state index contributed by atoms with van der Waals surface area (Å²) in [4.78, 5) is 22.7. The second kappa shape index (κ2) is 7.23. The minimum absolute atomic E-state index is 0.0490. The fourth-order valence-corrected chi connectivity index (χ4v) is 1.95. The van der Waals surface area contributed by atoms with E-state index in [1.54, 1.807) is 12.1 Å². The molecular weight excluding hydrogens is 290 g/mol. The van der Waals surface area contributed by atoms with E-state index in [0.717, 1.165) is 0 Å². The first-order valence-electron chi connectivity index (χ1n) is 5.77. The van der Waals surface area contributed by atoms with Crippen molar-refractivity contribution in [2.45, 2.75) is 12.2 Å². The highest BCUT2D eigenvalue weighted by molar-refractivity contribution is 8.01. The van der Waals surface area contributed by atoms with E-state index in [2.05, 4.69) is 4.74 Å². The first kappa shape index (κ1) is 16.4. The Labute approximate surface area is 119 Å². The number of esters is 1. The van der Waals surface area contributed by atoms with E-state index in [-0.39, 0.29) is 23.9 Å². The van der Waals surface area contributed by atoms with Gasteiger partial charge in [0, 0.05) is 5.56 Å². The van der Waals surface area contributed by atoms with Crippen molar-refractivity contribution in [3.8, 4) is 5.75 Å². The molecule has 1 aromatic carbocycles. The summed E-state index contributed by atoms with van der Waals surface area (Å²) in [6.45, 7) is 1.29. The lowest BCUT2D eigenvalue weighted by molar-refractivity contribution is -0.159. The average Bonchev–Trinajstić information content (AvgIpc) is 2.45. The Morgan fingerprint density at radius 3 is 2.35 bits per heavy atom. The van der Waals surface area contributed by atoms with Gasteiger partial charge in [-0.15, -0.1) is 0 Å². The van der Waals surface area contributed by atoms with Crippen molar-refractivity contribution in [1.29, 1.82) is 0 Å². The van der Waals surface area contributed by atoms with Crippen LogP contribution in [0.1, 0.15) is 17.3 Å². The number of halogens is 2. The number of ether oxygens (including phenoxy) is 2. The van der Waals surface area contributed by atoms with Crippen LogP contribution in [-0.4, -0.2) is 36.5 Å². The number of thioether (sulfide) groups is 1. The van der Waals surface area contributed by atoms with Crippen LogP contribution in [0.25, 0.3) is 0 Å². The summed E-state index contributed by atoms with van der Waals surface area (Å²) in [5.41, 5.74) is 0.276. The Morgan fingerprint density at radius 2 is 1.85 bits per heavy atom. The molecule has 4 nitrogen and oxygen atoms in total. The third-order valence-electron chi connectivity index (χ3n) is 2.31. The van der Waals surface area contributed by atoms with Gasteiger partial charge in [-0.2, -0.15) is 8.78 Å². The molecule has 0 radical (unpaired) electrons. The van der Waals surface area contributed by atoms with Crippen LogP contribution >= 0.6 is 11.8 Å². The summed E-state index contributed by atoms with van der Waals surface area (Å²) in [5, 5.41) is -3.72. The number of benzene rings is 1. The molecule has 1 rings (SSSR count). The standard InChI is InChI=1S/C13H14F2O4S/c1-3-19-12(17)13(14,15)20-8-11(16)9-4-6-10(18-2)7-5-9/h4-7H,3,8H2,1-2H3. The lowest BCUT2D eigenvalue weighted by Crippen LogP contribution is -2.28. The first-order valence-corrected chi connectivity index (χ1v) is 6.75. The molecule has 7 heteroatoms. The number of hydrogen-bond donors (Lipinski definition) is 0. The van der Waals surface area contributed by atoms with Crippen molar-refractivity contribution in [2.75, 3.05) is 19.5 Å². The smallest absolute Gasteiger partial charge is 0.389 e. The third kappa shape index (κ3) is 4.48. The fourth-order valence-electron chi connectivity index (χ4n) is 1.29. The highest BCUT2D eigenvalue weighted by atomic mass is 32.2. The van der Waals surface area contributed by atoms with Crippen LogP contribution in [0.3, 0.4) is 0 Å². The summed E-state index contributed by atoms with van der Waals surface area (Å²) >= 11 is -0.0490. The van der Waals surface area contributed by atoms with Crippen molar-refractivity contribution in [3.05, 3.63) is 29.8 Å². The van der Waals surface area contributed by atoms with Crippen molar-refractivity contribution >= 4 is 23.5 Å². The molecule has 1 aromatic rings. The molecule has 0 aliphatic heterocycles. The number of methoxy groups -OCH3 is 1. The molecule has 0 aliphatic carbocycles. The second-order valence-electron chi connectivity index (χ2n) is 3.68. The van der Waals surface area contributed by atoms with E-state index in [1.165, 1.54) is 26.2 Å². The molecule has 0 atom stereocenters. The molecule has 0 bridgehead atoms. The Kier molecular flexibility index (Phi) is 5.94. The lowest BCUT2D eigenvalue weighted by atomic mass is 10.1. The van der Waals surface area contributed by atoms with Gasteiger partial charge in [0.2, 0.25) is 0 Å². The van der Waals surface area contributed by atoms with Crippen LogP contribution in [0.4, 0.5) is 8.78 Å². The Morgan fingerprint density at radius 1 is 1.25 bits per heavy atom. The zero-order chi connectivity index (χ0) is 15.2. The average molecular weight is 304 g/mol. The summed E-state index contributed by atoms with van der Waals surface area (Å²) in [6.07, 6.45) is 0. The molecule has 0 heterocycles. The molecule has 0 saturated heterocycles. The monoisotopic (exact) mass is 304 g/mol. The van der Waals surface area contributed by atoms with E-state index in [4.69, 9.17) is 4.74 Å². The lowest BCUT2D eigenvalue weighted by Gasteiger charge is -2.13. The largest absolute Gasteiger partial charge is 0.497 e. The van der Waals surface area contributed by atoms with Crippen molar-refractivity contribution in [2.24, 2.45) is 0 Å². The van der Waals surface area contributed by atoms with E-state index in [1.807, 2.05) is 0 Å². The molecule has 0 fully saturated rings. The third-order valence-corrected chi connectivity index (χ3v) is 3.25. The maximum Gasteiger partial charge on any atom is 0.389 e. The molecule has 0 N–H and O–H groups in total. The molecule has 0 spiro atoms. The highest BCUT2D eigenvalue weighted by Gasteiger charge is 2.41. The van der Waals surface area contributed by atoms with Crippen molar-refractivity contribution < 1.29 is 27.8 Å². The Hall–Kier alpha value is -1.63. The summed E-state index contributed by atoms with van der Waals surface area (Å²) in [6, 6.07) is 6.07. The van der Waals surface area contributed by atoms with Crippen LogP contribution in [0, 0.1) is 0 Å². The number of rotatable bonds is 7. The molecule has 0 aliphatic rings. The fraction of sp³-hybridized carbons (Fsp3) is 0.385. The maximum atomic E-state index is 13.3. The maximum absolute atomic E-state index is 13.3. The van der Waals surface area contributed by atoms with Gasteiger partial charge in [0.15, 0.2) is 5.78 Å². The topological polar surface area (TPSA) is 52.6 Å². The molecule has 110 valence electrons. The van der Waals surface area contributed by atoms with Crippen LogP contribution < -0.4 is 4.74 Å². The van der Waals surface area contributed by atoms with Gasteiger partial charge in [-0.05, 0) is 31.2 Å². The second-order valence-corrected chi connectivity index (χ2v) is 4.77. The molecule has 0 unspecified atom stereocenters. The van der Waals surface area contributed by atoms with Gasteiger partial charge in [-0.25, -0.2) is 4.79 Å². The van der Waals surface area contributed by atoms with Gasteiger partial charge in [0.1, 0.15) is 5.75 Å².